The minimum absolute atomic E-state index is 0.0158. The summed E-state index contributed by atoms with van der Waals surface area (Å²) in [5.41, 5.74) is 0.907. The largest absolute Gasteiger partial charge is 0.484 e. The molecule has 0 radical (unpaired) electrons. The second kappa shape index (κ2) is 8.73. The number of hydrogen-bond acceptors (Lipinski definition) is 5. The van der Waals surface area contributed by atoms with E-state index in [4.69, 9.17) is 9.72 Å². The molecule has 2 aromatic rings. The summed E-state index contributed by atoms with van der Waals surface area (Å²) in [5.74, 6) is 1.34. The molecule has 1 N–H and O–H groups in total. The highest BCUT2D eigenvalue weighted by Crippen LogP contribution is 2.30. The molecular formula is C21H25N3O3S. The Labute approximate surface area is 168 Å². The molecule has 2 fully saturated rings. The summed E-state index contributed by atoms with van der Waals surface area (Å²) >= 11 is 1.62. The van der Waals surface area contributed by atoms with Gasteiger partial charge < -0.3 is 15.0 Å². The van der Waals surface area contributed by atoms with Crippen molar-refractivity contribution in [3.05, 3.63) is 46.4 Å². The highest BCUT2D eigenvalue weighted by molar-refractivity contribution is 7.09. The minimum atomic E-state index is 0.0158. The Morgan fingerprint density at radius 2 is 2.04 bits per heavy atom. The molecule has 1 aliphatic carbocycles. The molecule has 1 aromatic heterocycles. The number of para-hydroxylation sites is 1. The zero-order valence-electron chi connectivity index (χ0n) is 15.8. The highest BCUT2D eigenvalue weighted by Gasteiger charge is 2.30. The van der Waals surface area contributed by atoms with Gasteiger partial charge in [-0.3, -0.25) is 9.59 Å². The molecule has 1 aliphatic heterocycles. The van der Waals surface area contributed by atoms with E-state index in [1.165, 1.54) is 0 Å². The highest BCUT2D eigenvalue weighted by atomic mass is 32.1. The molecule has 7 heteroatoms. The Morgan fingerprint density at radius 1 is 1.21 bits per heavy atom. The topological polar surface area (TPSA) is 71.5 Å². The van der Waals surface area contributed by atoms with Crippen LogP contribution in [0.15, 0.2) is 35.7 Å². The Bertz CT molecular complexity index is 819. The lowest BCUT2D eigenvalue weighted by Crippen LogP contribution is -2.41. The van der Waals surface area contributed by atoms with Crippen molar-refractivity contribution in [1.82, 2.24) is 15.2 Å². The predicted octanol–water partition coefficient (Wildman–Crippen LogP) is 2.95. The van der Waals surface area contributed by atoms with Crippen molar-refractivity contribution in [1.29, 1.82) is 0 Å². The summed E-state index contributed by atoms with van der Waals surface area (Å²) in [4.78, 5) is 30.9. The first-order valence-corrected chi connectivity index (χ1v) is 10.7. The number of carbonyl (C=O) groups excluding carboxylic acids is 2. The van der Waals surface area contributed by atoms with Crippen molar-refractivity contribution < 1.29 is 14.3 Å². The molecule has 1 atom stereocenters. The van der Waals surface area contributed by atoms with Gasteiger partial charge in [0.2, 0.25) is 5.91 Å². The number of amides is 2. The van der Waals surface area contributed by atoms with Crippen LogP contribution < -0.4 is 10.1 Å². The van der Waals surface area contributed by atoms with E-state index >= 15 is 0 Å². The van der Waals surface area contributed by atoms with Crippen LogP contribution in [-0.2, 0) is 16.1 Å². The van der Waals surface area contributed by atoms with Crippen LogP contribution in [0.4, 0.5) is 0 Å². The van der Waals surface area contributed by atoms with Gasteiger partial charge in [-0.05, 0) is 37.8 Å². The van der Waals surface area contributed by atoms with Gasteiger partial charge in [-0.25, -0.2) is 4.98 Å². The van der Waals surface area contributed by atoms with E-state index in [0.717, 1.165) is 42.9 Å². The molecule has 6 nitrogen and oxygen atoms in total. The third-order valence-corrected chi connectivity index (χ3v) is 6.25. The van der Waals surface area contributed by atoms with Crippen molar-refractivity contribution in [2.24, 2.45) is 5.92 Å². The number of hydrogen-bond donors (Lipinski definition) is 1. The lowest BCUT2D eigenvalue weighted by atomic mass is 9.98. The standard InChI is InChI=1S/C21H25N3O3S/c25-19(13-27-18-6-2-1-3-7-18)24-10-4-5-16(12-24)21-23-17(14-28-21)11-22-20(26)15-8-9-15/h1-3,6-7,14-16H,4-5,8-13H2,(H,22,26). The van der Waals surface area contributed by atoms with Crippen LogP contribution in [0.3, 0.4) is 0 Å². The fourth-order valence-corrected chi connectivity index (χ4v) is 4.36. The minimum Gasteiger partial charge on any atom is -0.484 e. The third kappa shape index (κ3) is 4.90. The Morgan fingerprint density at radius 3 is 2.82 bits per heavy atom. The van der Waals surface area contributed by atoms with E-state index in [9.17, 15) is 9.59 Å². The van der Waals surface area contributed by atoms with E-state index in [-0.39, 0.29) is 30.3 Å². The maximum Gasteiger partial charge on any atom is 0.260 e. The van der Waals surface area contributed by atoms with Crippen LogP contribution in [0.2, 0.25) is 0 Å². The van der Waals surface area contributed by atoms with Crippen LogP contribution in [0, 0.1) is 5.92 Å². The lowest BCUT2D eigenvalue weighted by molar-refractivity contribution is -0.134. The average molecular weight is 400 g/mol. The molecule has 1 aromatic carbocycles. The maximum atomic E-state index is 12.5. The van der Waals surface area contributed by atoms with Crippen LogP contribution in [0.5, 0.6) is 5.75 Å². The maximum absolute atomic E-state index is 12.5. The molecule has 0 spiro atoms. The number of thiazole rings is 1. The molecule has 28 heavy (non-hydrogen) atoms. The second-order valence-electron chi connectivity index (χ2n) is 7.45. The van der Waals surface area contributed by atoms with Crippen LogP contribution in [0.25, 0.3) is 0 Å². The molecular weight excluding hydrogens is 374 g/mol. The predicted molar refractivity (Wildman–Crippen MR) is 107 cm³/mol. The number of ether oxygens (including phenoxy) is 1. The van der Waals surface area contributed by atoms with Crippen LogP contribution in [0.1, 0.15) is 42.3 Å². The summed E-state index contributed by atoms with van der Waals surface area (Å²) in [6.07, 6.45) is 4.02. The van der Waals surface area contributed by atoms with Crippen molar-refractivity contribution in [3.63, 3.8) is 0 Å². The van der Waals surface area contributed by atoms with E-state index in [0.29, 0.717) is 18.8 Å². The number of nitrogens with one attached hydrogen (secondary N) is 1. The number of nitrogens with zero attached hydrogens (tertiary/aromatic N) is 2. The molecule has 2 aliphatic rings. The Kier molecular flexibility index (Phi) is 5.90. The summed E-state index contributed by atoms with van der Waals surface area (Å²) in [6.45, 7) is 2.00. The molecule has 148 valence electrons. The van der Waals surface area contributed by atoms with Crippen molar-refractivity contribution >= 4 is 23.2 Å². The molecule has 2 heterocycles. The molecule has 2 amide bonds. The molecule has 1 unspecified atom stereocenters. The zero-order chi connectivity index (χ0) is 19.3. The first-order chi connectivity index (χ1) is 13.7. The van der Waals surface area contributed by atoms with Crippen molar-refractivity contribution in [2.75, 3.05) is 19.7 Å². The van der Waals surface area contributed by atoms with Gasteiger partial charge in [0.25, 0.3) is 5.91 Å². The van der Waals surface area contributed by atoms with Gasteiger partial charge in [-0.2, -0.15) is 0 Å². The molecule has 1 saturated carbocycles. The number of benzene rings is 1. The van der Waals surface area contributed by atoms with Gasteiger partial charge in [-0.1, -0.05) is 18.2 Å². The van der Waals surface area contributed by atoms with Gasteiger partial charge in [0.15, 0.2) is 6.61 Å². The monoisotopic (exact) mass is 399 g/mol. The Balaban J connectivity index is 1.28. The number of aromatic nitrogens is 1. The third-order valence-electron chi connectivity index (χ3n) is 5.19. The summed E-state index contributed by atoms with van der Waals surface area (Å²) in [7, 11) is 0. The van der Waals surface area contributed by atoms with E-state index in [2.05, 4.69) is 5.32 Å². The van der Waals surface area contributed by atoms with Gasteiger partial charge >= 0.3 is 0 Å². The number of likely N-dealkylation sites (tertiary alicyclic amines) is 1. The fraction of sp³-hybridized carbons (Fsp3) is 0.476. The molecule has 4 rings (SSSR count). The first kappa shape index (κ1) is 18.9. The molecule has 1 saturated heterocycles. The quantitative estimate of drug-likeness (QED) is 0.777. The van der Waals surface area contributed by atoms with Crippen molar-refractivity contribution in [2.45, 2.75) is 38.1 Å². The normalized spacial score (nSPS) is 19.3. The van der Waals surface area contributed by atoms with Crippen molar-refractivity contribution in [3.8, 4) is 5.75 Å². The summed E-state index contributed by atoms with van der Waals surface area (Å²) in [5, 5.41) is 6.03. The fourth-order valence-electron chi connectivity index (χ4n) is 3.42. The number of carbonyl (C=O) groups is 2. The van der Waals surface area contributed by atoms with Gasteiger partial charge in [0.1, 0.15) is 5.75 Å². The van der Waals surface area contributed by atoms with E-state index in [1.807, 2.05) is 40.6 Å². The van der Waals surface area contributed by atoms with E-state index < -0.39 is 0 Å². The van der Waals surface area contributed by atoms with Gasteiger partial charge in [0, 0.05) is 30.3 Å². The first-order valence-electron chi connectivity index (χ1n) is 9.86. The SMILES string of the molecule is O=C(NCc1csc(C2CCCN(C(=O)COc3ccccc3)C2)n1)C1CC1. The smallest absolute Gasteiger partial charge is 0.260 e. The lowest BCUT2D eigenvalue weighted by Gasteiger charge is -2.31. The number of rotatable bonds is 7. The second-order valence-corrected chi connectivity index (χ2v) is 8.34. The summed E-state index contributed by atoms with van der Waals surface area (Å²) < 4.78 is 5.60. The van der Waals surface area contributed by atoms with E-state index in [1.54, 1.807) is 11.3 Å². The van der Waals surface area contributed by atoms with Gasteiger partial charge in [-0.15, -0.1) is 11.3 Å². The molecule has 0 bridgehead atoms. The Hall–Kier alpha value is -2.41. The zero-order valence-corrected chi connectivity index (χ0v) is 16.6. The van der Waals surface area contributed by atoms with Crippen LogP contribution in [-0.4, -0.2) is 41.4 Å². The van der Waals surface area contributed by atoms with Gasteiger partial charge in [0.05, 0.1) is 17.2 Å². The summed E-state index contributed by atoms with van der Waals surface area (Å²) in [6, 6.07) is 9.41. The average Bonchev–Trinajstić information content (AvgIpc) is 3.49. The van der Waals surface area contributed by atoms with Crippen LogP contribution >= 0.6 is 11.3 Å². The number of piperidine rings is 1.